The molecular formula is C14H28N2O. The molecule has 3 nitrogen and oxygen atoms in total. The first-order chi connectivity index (χ1) is 8.29. The maximum Gasteiger partial charge on any atom is 0.0707 e. The van der Waals surface area contributed by atoms with Gasteiger partial charge in [0.15, 0.2) is 0 Å². The van der Waals surface area contributed by atoms with Crippen LogP contribution in [0.15, 0.2) is 0 Å². The fraction of sp³-hybridized carbons (Fsp3) is 1.00. The summed E-state index contributed by atoms with van der Waals surface area (Å²) in [6, 6.07) is 0.656. The molecule has 0 spiro atoms. The Labute approximate surface area is 106 Å². The molecule has 0 aromatic rings. The molecule has 1 N–H and O–H groups in total. The molecule has 2 aliphatic heterocycles. The van der Waals surface area contributed by atoms with Crippen molar-refractivity contribution in [3.63, 3.8) is 0 Å². The summed E-state index contributed by atoms with van der Waals surface area (Å²) < 4.78 is 5.87. The molecular weight excluding hydrogens is 212 g/mol. The minimum atomic E-state index is 0.524. The van der Waals surface area contributed by atoms with Gasteiger partial charge in [0, 0.05) is 25.7 Å². The van der Waals surface area contributed by atoms with E-state index in [-0.39, 0.29) is 0 Å². The molecule has 2 saturated heterocycles. The Balaban J connectivity index is 1.61. The number of nitrogens with zero attached hydrogens (tertiary/aromatic N) is 1. The lowest BCUT2D eigenvalue weighted by atomic mass is 10.2. The van der Waals surface area contributed by atoms with Crippen LogP contribution in [0.1, 0.15) is 46.0 Å². The smallest absolute Gasteiger partial charge is 0.0707 e. The molecule has 0 aliphatic carbocycles. The Morgan fingerprint density at radius 3 is 2.59 bits per heavy atom. The molecule has 2 fully saturated rings. The molecule has 0 saturated carbocycles. The van der Waals surface area contributed by atoms with Gasteiger partial charge in [0.2, 0.25) is 0 Å². The lowest BCUT2D eigenvalue weighted by Crippen LogP contribution is -2.50. The van der Waals surface area contributed by atoms with Crippen LogP contribution in [0, 0.1) is 0 Å². The molecule has 2 aliphatic rings. The van der Waals surface area contributed by atoms with E-state index in [9.17, 15) is 0 Å². The van der Waals surface area contributed by atoms with Crippen molar-refractivity contribution in [2.24, 2.45) is 0 Å². The summed E-state index contributed by atoms with van der Waals surface area (Å²) in [6.45, 7) is 9.20. The lowest BCUT2D eigenvalue weighted by molar-refractivity contribution is -0.0500. The number of ether oxygens (including phenoxy) is 1. The van der Waals surface area contributed by atoms with Gasteiger partial charge in [-0.1, -0.05) is 19.8 Å². The molecule has 0 amide bonds. The summed E-state index contributed by atoms with van der Waals surface area (Å²) in [4.78, 5) is 2.61. The van der Waals surface area contributed by atoms with E-state index in [0.29, 0.717) is 18.2 Å². The monoisotopic (exact) mass is 240 g/mol. The van der Waals surface area contributed by atoms with Crippen molar-refractivity contribution < 1.29 is 4.74 Å². The zero-order valence-corrected chi connectivity index (χ0v) is 11.5. The second-order valence-electron chi connectivity index (χ2n) is 5.67. The van der Waals surface area contributed by atoms with Gasteiger partial charge in [0.25, 0.3) is 0 Å². The van der Waals surface area contributed by atoms with E-state index < -0.39 is 0 Å². The number of hydrogen-bond acceptors (Lipinski definition) is 3. The van der Waals surface area contributed by atoms with Gasteiger partial charge in [-0.15, -0.1) is 0 Å². The highest BCUT2D eigenvalue weighted by molar-refractivity contribution is 4.87. The first-order valence-corrected chi connectivity index (χ1v) is 7.39. The van der Waals surface area contributed by atoms with E-state index in [2.05, 4.69) is 24.1 Å². The van der Waals surface area contributed by atoms with E-state index in [1.54, 1.807) is 0 Å². The average Bonchev–Trinajstić information content (AvgIpc) is 2.67. The summed E-state index contributed by atoms with van der Waals surface area (Å²) in [5, 5.41) is 3.58. The molecule has 3 atom stereocenters. The van der Waals surface area contributed by atoms with Gasteiger partial charge in [-0.3, -0.25) is 4.90 Å². The summed E-state index contributed by atoms with van der Waals surface area (Å²) in [7, 11) is 0. The first kappa shape index (κ1) is 13.3. The third-order valence-corrected chi connectivity index (χ3v) is 4.09. The van der Waals surface area contributed by atoms with Gasteiger partial charge >= 0.3 is 0 Å². The number of likely N-dealkylation sites (tertiary alicyclic amines) is 1. The van der Waals surface area contributed by atoms with Crippen molar-refractivity contribution in [1.29, 1.82) is 0 Å². The van der Waals surface area contributed by atoms with Crippen LogP contribution in [0.3, 0.4) is 0 Å². The van der Waals surface area contributed by atoms with Gasteiger partial charge in [0.1, 0.15) is 0 Å². The molecule has 0 aromatic heterocycles. The van der Waals surface area contributed by atoms with Crippen LogP contribution in [-0.4, -0.2) is 49.3 Å². The molecule has 2 bridgehead atoms. The van der Waals surface area contributed by atoms with Crippen LogP contribution < -0.4 is 5.32 Å². The zero-order chi connectivity index (χ0) is 12.1. The second-order valence-corrected chi connectivity index (χ2v) is 5.67. The first-order valence-electron chi connectivity index (χ1n) is 7.39. The van der Waals surface area contributed by atoms with E-state index in [1.807, 2.05) is 0 Å². The van der Waals surface area contributed by atoms with Gasteiger partial charge in [-0.05, 0) is 32.7 Å². The van der Waals surface area contributed by atoms with Crippen LogP contribution in [-0.2, 0) is 4.74 Å². The molecule has 2 heterocycles. The third kappa shape index (κ3) is 3.94. The number of rotatable bonds is 7. The normalized spacial score (nSPS) is 30.7. The average molecular weight is 240 g/mol. The van der Waals surface area contributed by atoms with Gasteiger partial charge in [-0.2, -0.15) is 0 Å². The number of unbranched alkanes of at least 4 members (excludes halogenated alkanes) is 2. The van der Waals surface area contributed by atoms with Crippen LogP contribution >= 0.6 is 0 Å². The number of nitrogens with one attached hydrogen (secondary N) is 1. The van der Waals surface area contributed by atoms with E-state index >= 15 is 0 Å². The van der Waals surface area contributed by atoms with Crippen molar-refractivity contribution in [2.75, 3.05) is 26.2 Å². The van der Waals surface area contributed by atoms with E-state index in [4.69, 9.17) is 4.74 Å². The van der Waals surface area contributed by atoms with E-state index in [1.165, 1.54) is 38.6 Å². The van der Waals surface area contributed by atoms with Gasteiger partial charge in [0.05, 0.1) is 12.2 Å². The van der Waals surface area contributed by atoms with Crippen molar-refractivity contribution >= 4 is 0 Å². The number of hydrogen-bond donors (Lipinski definition) is 1. The minimum absolute atomic E-state index is 0.524. The predicted octanol–water partition coefficient (Wildman–Crippen LogP) is 2.02. The molecule has 3 unspecified atom stereocenters. The standard InChI is InChI=1S/C14H28N2O/c1-3-4-5-8-15-9-12(2)16-10-13-6-7-14(11-16)17-13/h12-15H,3-11H2,1-2H3. The second kappa shape index (κ2) is 6.72. The predicted molar refractivity (Wildman–Crippen MR) is 71.3 cm³/mol. The van der Waals surface area contributed by atoms with Gasteiger partial charge in [-0.25, -0.2) is 0 Å². The van der Waals surface area contributed by atoms with Gasteiger partial charge < -0.3 is 10.1 Å². The van der Waals surface area contributed by atoms with Crippen molar-refractivity contribution in [3.8, 4) is 0 Å². The molecule has 3 heteroatoms. The summed E-state index contributed by atoms with van der Waals surface area (Å²) in [6.07, 6.45) is 7.58. The fourth-order valence-electron chi connectivity index (χ4n) is 2.95. The summed E-state index contributed by atoms with van der Waals surface area (Å²) >= 11 is 0. The van der Waals surface area contributed by atoms with Crippen LogP contribution in [0.2, 0.25) is 0 Å². The molecule has 0 radical (unpaired) electrons. The fourth-order valence-corrected chi connectivity index (χ4v) is 2.95. The maximum atomic E-state index is 5.87. The van der Waals surface area contributed by atoms with Crippen LogP contribution in [0.5, 0.6) is 0 Å². The van der Waals surface area contributed by atoms with E-state index in [0.717, 1.165) is 19.6 Å². The molecule has 2 rings (SSSR count). The Bertz CT molecular complexity index is 210. The number of morpholine rings is 1. The Hall–Kier alpha value is -0.120. The third-order valence-electron chi connectivity index (χ3n) is 4.09. The maximum absolute atomic E-state index is 5.87. The van der Waals surface area contributed by atoms with Crippen LogP contribution in [0.4, 0.5) is 0 Å². The highest BCUT2D eigenvalue weighted by atomic mass is 16.5. The van der Waals surface area contributed by atoms with Crippen molar-refractivity contribution in [3.05, 3.63) is 0 Å². The molecule has 17 heavy (non-hydrogen) atoms. The summed E-state index contributed by atoms with van der Waals surface area (Å²) in [5.74, 6) is 0. The summed E-state index contributed by atoms with van der Waals surface area (Å²) in [5.41, 5.74) is 0. The van der Waals surface area contributed by atoms with Crippen LogP contribution in [0.25, 0.3) is 0 Å². The Morgan fingerprint density at radius 1 is 1.24 bits per heavy atom. The highest BCUT2D eigenvalue weighted by Crippen LogP contribution is 2.27. The molecule has 0 aromatic carbocycles. The lowest BCUT2D eigenvalue weighted by Gasteiger charge is -2.36. The largest absolute Gasteiger partial charge is 0.372 e. The number of fused-ring (bicyclic) bond motifs is 2. The topological polar surface area (TPSA) is 24.5 Å². The SMILES string of the molecule is CCCCCNCC(C)N1CC2CCC(C1)O2. The Kier molecular flexibility index (Phi) is 5.26. The highest BCUT2D eigenvalue weighted by Gasteiger charge is 2.35. The van der Waals surface area contributed by atoms with Crippen molar-refractivity contribution in [2.45, 2.75) is 64.2 Å². The quantitative estimate of drug-likeness (QED) is 0.689. The van der Waals surface area contributed by atoms with Crippen molar-refractivity contribution in [1.82, 2.24) is 10.2 Å². The Morgan fingerprint density at radius 2 is 1.94 bits per heavy atom. The minimum Gasteiger partial charge on any atom is -0.372 e. The molecule has 100 valence electrons. The zero-order valence-electron chi connectivity index (χ0n) is 11.5.